The van der Waals surface area contributed by atoms with E-state index in [0.717, 1.165) is 60.9 Å². The average Bonchev–Trinajstić information content (AvgIpc) is 3.80. The molecule has 0 saturated carbocycles. The fourth-order valence-corrected chi connectivity index (χ4v) is 7.91. The van der Waals surface area contributed by atoms with Gasteiger partial charge in [-0.1, -0.05) is 60.7 Å². The molecule has 0 aliphatic rings. The molecule has 0 amide bonds. The molecule has 0 radical (unpaired) electrons. The van der Waals surface area contributed by atoms with Crippen molar-refractivity contribution in [1.29, 1.82) is 0 Å². The summed E-state index contributed by atoms with van der Waals surface area (Å²) in [6.07, 6.45) is 5.57. The Kier molecular flexibility index (Phi) is 4.75. The minimum absolute atomic E-state index is 0.865. The van der Waals surface area contributed by atoms with Crippen molar-refractivity contribution in [2.45, 2.75) is 0 Å². The Balaban J connectivity index is 1.43. The van der Waals surface area contributed by atoms with E-state index in [0.29, 0.717) is 0 Å². The molecule has 47 heavy (non-hydrogen) atoms. The van der Waals surface area contributed by atoms with Crippen LogP contribution in [0.2, 0.25) is 0 Å². The minimum Gasteiger partial charge on any atom is -0.309 e. The summed E-state index contributed by atoms with van der Waals surface area (Å²) in [5.41, 5.74) is 11.7. The van der Waals surface area contributed by atoms with Crippen molar-refractivity contribution in [3.8, 4) is 11.4 Å². The molecule has 11 rings (SSSR count). The Morgan fingerprint density at radius 2 is 1.13 bits per heavy atom. The van der Waals surface area contributed by atoms with Gasteiger partial charge in [-0.3, -0.25) is 14.4 Å². The summed E-state index contributed by atoms with van der Waals surface area (Å²) >= 11 is 0. The molecule has 0 N–H and O–H groups in total. The van der Waals surface area contributed by atoms with Crippen LogP contribution in [-0.2, 0) is 0 Å². The second-order valence-corrected chi connectivity index (χ2v) is 12.1. The van der Waals surface area contributed by atoms with Crippen molar-refractivity contribution in [1.82, 2.24) is 28.5 Å². The summed E-state index contributed by atoms with van der Waals surface area (Å²) in [7, 11) is 0. The maximum absolute atomic E-state index is 5.14. The van der Waals surface area contributed by atoms with Crippen LogP contribution >= 0.6 is 0 Å². The number of benzene rings is 5. The van der Waals surface area contributed by atoms with Gasteiger partial charge in [-0.05, 0) is 66.7 Å². The molecule has 11 aromatic rings. The van der Waals surface area contributed by atoms with Gasteiger partial charge in [0.2, 0.25) is 0 Å². The van der Waals surface area contributed by atoms with E-state index >= 15 is 0 Å². The van der Waals surface area contributed by atoms with Crippen molar-refractivity contribution in [3.05, 3.63) is 146 Å². The van der Waals surface area contributed by atoms with E-state index in [2.05, 4.69) is 134 Å². The van der Waals surface area contributed by atoms with Gasteiger partial charge in [0.15, 0.2) is 0 Å². The summed E-state index contributed by atoms with van der Waals surface area (Å²) < 4.78 is 7.05. The molecule has 0 bridgehead atoms. The highest BCUT2D eigenvalue weighted by atomic mass is 15.0. The maximum atomic E-state index is 5.14. The molecule has 0 unspecified atom stereocenters. The number of pyridine rings is 3. The molecule has 218 valence electrons. The van der Waals surface area contributed by atoms with Crippen LogP contribution in [0.4, 0.5) is 0 Å². The number of para-hydroxylation sites is 3. The maximum Gasteiger partial charge on any atom is 0.146 e. The molecule has 0 spiro atoms. The number of aromatic nitrogens is 6. The highest BCUT2D eigenvalue weighted by molar-refractivity contribution is 6.34. The normalized spacial score (nSPS) is 12.3. The van der Waals surface area contributed by atoms with Crippen LogP contribution in [0.5, 0.6) is 0 Å². The predicted octanol–water partition coefficient (Wildman–Crippen LogP) is 9.78. The number of rotatable bonds is 2. The molecule has 6 nitrogen and oxygen atoms in total. The van der Waals surface area contributed by atoms with E-state index in [-0.39, 0.29) is 0 Å². The van der Waals surface area contributed by atoms with E-state index in [1.807, 2.05) is 30.7 Å². The van der Waals surface area contributed by atoms with Crippen LogP contribution < -0.4 is 0 Å². The molecular weight excluding hydrogens is 576 g/mol. The van der Waals surface area contributed by atoms with Crippen LogP contribution in [-0.4, -0.2) is 28.5 Å². The lowest BCUT2D eigenvalue weighted by molar-refractivity contribution is 1.17. The van der Waals surface area contributed by atoms with Crippen molar-refractivity contribution >= 4 is 82.1 Å². The Labute approximate surface area is 267 Å². The Bertz CT molecular complexity index is 3060. The van der Waals surface area contributed by atoms with Gasteiger partial charge in [-0.15, -0.1) is 0 Å². The largest absolute Gasteiger partial charge is 0.309 e. The number of nitrogens with zero attached hydrogens (tertiary/aromatic N) is 6. The quantitative estimate of drug-likeness (QED) is 0.186. The zero-order chi connectivity index (χ0) is 30.6. The second kappa shape index (κ2) is 9.02. The highest BCUT2D eigenvalue weighted by Gasteiger charge is 2.24. The van der Waals surface area contributed by atoms with Gasteiger partial charge in [0.25, 0.3) is 0 Å². The molecule has 0 saturated heterocycles. The topological polar surface area (TPSA) is 52.9 Å². The fraction of sp³-hybridized carbons (Fsp3) is 0. The standard InChI is InChI=1S/C41H24N6/c1-3-10-25(11-4-1)45-31-15-8-7-14-27(31)36-33(45)19-20-34-37(36)28-17-18-29-38(40(28)46(34)26-12-5-2-6-13-26)39-35(16-9-22-43-39)47-32-21-23-42-24-30(32)44-41(29)47/h1-24H. The summed E-state index contributed by atoms with van der Waals surface area (Å²) in [6.45, 7) is 0. The molecular formula is C41H24N6. The minimum atomic E-state index is 0.865. The third-order valence-corrected chi connectivity index (χ3v) is 9.72. The number of hydrogen-bond donors (Lipinski definition) is 0. The molecule has 5 aromatic carbocycles. The van der Waals surface area contributed by atoms with Gasteiger partial charge in [-0.25, -0.2) is 4.98 Å². The average molecular weight is 601 g/mol. The first-order valence-corrected chi connectivity index (χ1v) is 15.8. The number of imidazole rings is 1. The van der Waals surface area contributed by atoms with Gasteiger partial charge in [0.05, 0.1) is 44.8 Å². The molecule has 6 aromatic heterocycles. The lowest BCUT2D eigenvalue weighted by atomic mass is 10.0. The van der Waals surface area contributed by atoms with Crippen LogP contribution in [0.1, 0.15) is 0 Å². The van der Waals surface area contributed by atoms with Gasteiger partial charge < -0.3 is 9.13 Å². The van der Waals surface area contributed by atoms with Crippen molar-refractivity contribution in [2.75, 3.05) is 0 Å². The van der Waals surface area contributed by atoms with Crippen molar-refractivity contribution in [3.63, 3.8) is 0 Å². The Morgan fingerprint density at radius 1 is 0.447 bits per heavy atom. The molecule has 0 fully saturated rings. The lowest BCUT2D eigenvalue weighted by Crippen LogP contribution is -1.97. The Hall–Kier alpha value is -6.53. The van der Waals surface area contributed by atoms with E-state index in [1.54, 1.807) is 0 Å². The predicted molar refractivity (Wildman–Crippen MR) is 192 cm³/mol. The first-order chi connectivity index (χ1) is 23.4. The zero-order valence-electron chi connectivity index (χ0n) is 25.0. The molecule has 0 atom stereocenters. The third-order valence-electron chi connectivity index (χ3n) is 9.72. The van der Waals surface area contributed by atoms with Crippen LogP contribution in [0.3, 0.4) is 0 Å². The van der Waals surface area contributed by atoms with Crippen molar-refractivity contribution in [2.24, 2.45) is 0 Å². The van der Waals surface area contributed by atoms with Crippen LogP contribution in [0, 0.1) is 0 Å². The summed E-state index contributed by atoms with van der Waals surface area (Å²) in [6, 6.07) is 45.4. The second-order valence-electron chi connectivity index (χ2n) is 12.1. The Morgan fingerprint density at radius 3 is 1.96 bits per heavy atom. The van der Waals surface area contributed by atoms with Gasteiger partial charge in [-0.2, -0.15) is 0 Å². The highest BCUT2D eigenvalue weighted by Crippen LogP contribution is 2.45. The third kappa shape index (κ3) is 3.16. The van der Waals surface area contributed by atoms with Gasteiger partial charge in [0, 0.05) is 56.1 Å². The van der Waals surface area contributed by atoms with E-state index < -0.39 is 0 Å². The monoisotopic (exact) mass is 600 g/mol. The number of fused-ring (bicyclic) bond motifs is 16. The molecule has 0 aliphatic heterocycles. The van der Waals surface area contributed by atoms with Crippen LogP contribution in [0.15, 0.2) is 146 Å². The first-order valence-electron chi connectivity index (χ1n) is 15.8. The molecule has 6 heteroatoms. The van der Waals surface area contributed by atoms with E-state index in [9.17, 15) is 0 Å². The first kappa shape index (κ1) is 24.8. The smallest absolute Gasteiger partial charge is 0.146 e. The van der Waals surface area contributed by atoms with Crippen molar-refractivity contribution < 1.29 is 0 Å². The molecule has 0 aliphatic carbocycles. The summed E-state index contributed by atoms with van der Waals surface area (Å²) in [5.74, 6) is 0. The lowest BCUT2D eigenvalue weighted by Gasteiger charge is -2.13. The summed E-state index contributed by atoms with van der Waals surface area (Å²) in [5, 5.41) is 7.05. The van der Waals surface area contributed by atoms with Crippen LogP contribution in [0.25, 0.3) is 93.5 Å². The SMILES string of the molecule is c1ccc(-n2c3ccccc3c3c4c5ccc6c(c7ncccc7n7c8ccncc8nc67)c5n(-c5ccccc5)c4ccc32)cc1. The van der Waals surface area contributed by atoms with E-state index in [1.165, 1.54) is 32.6 Å². The number of hydrogen-bond acceptors (Lipinski definition) is 3. The van der Waals surface area contributed by atoms with Gasteiger partial charge >= 0.3 is 0 Å². The van der Waals surface area contributed by atoms with E-state index in [4.69, 9.17) is 9.97 Å². The fourth-order valence-electron chi connectivity index (χ4n) is 7.91. The molecule has 6 heterocycles. The van der Waals surface area contributed by atoms with Gasteiger partial charge in [0.1, 0.15) is 11.2 Å². The zero-order valence-corrected chi connectivity index (χ0v) is 25.0. The summed E-state index contributed by atoms with van der Waals surface area (Å²) in [4.78, 5) is 14.6.